The van der Waals surface area contributed by atoms with Crippen LogP contribution >= 0.6 is 0 Å². The Kier molecular flexibility index (Phi) is 6.98. The smallest absolute Gasteiger partial charge is 0.320 e. The van der Waals surface area contributed by atoms with E-state index in [1.807, 2.05) is 19.9 Å². The van der Waals surface area contributed by atoms with Gasteiger partial charge in [0.25, 0.3) is 0 Å². The number of nitrogens with one attached hydrogen (secondary N) is 1. The molecule has 0 saturated carbocycles. The van der Waals surface area contributed by atoms with E-state index in [0.29, 0.717) is 36.1 Å². The number of methoxy groups -OCH3 is 3. The molecule has 6 heteroatoms. The first-order chi connectivity index (χ1) is 10.4. The quantitative estimate of drug-likeness (QED) is 0.729. The summed E-state index contributed by atoms with van der Waals surface area (Å²) in [6.07, 6.45) is 0.560. The standard InChI is InChI=1S/C16H25NO5/c1-10(2)8-12(16(18)19)17-9-11-6-7-13(20-3)15(22-5)14(11)21-4/h6-7,10,12,17H,8-9H2,1-5H3,(H,18,19). The van der Waals surface area contributed by atoms with Crippen LogP contribution in [-0.4, -0.2) is 38.4 Å². The lowest BCUT2D eigenvalue weighted by Gasteiger charge is -2.19. The maximum absolute atomic E-state index is 11.3. The highest BCUT2D eigenvalue weighted by Gasteiger charge is 2.20. The fourth-order valence-electron chi connectivity index (χ4n) is 2.28. The fraction of sp³-hybridized carbons (Fsp3) is 0.562. The average Bonchev–Trinajstić information content (AvgIpc) is 2.49. The summed E-state index contributed by atoms with van der Waals surface area (Å²) in [6, 6.07) is 3.01. The maximum atomic E-state index is 11.3. The van der Waals surface area contributed by atoms with Crippen molar-refractivity contribution in [3.63, 3.8) is 0 Å². The lowest BCUT2D eigenvalue weighted by Crippen LogP contribution is -2.37. The number of rotatable bonds is 9. The van der Waals surface area contributed by atoms with E-state index < -0.39 is 12.0 Å². The summed E-state index contributed by atoms with van der Waals surface area (Å²) in [5, 5.41) is 12.3. The van der Waals surface area contributed by atoms with Gasteiger partial charge in [-0.25, -0.2) is 0 Å². The number of carboxylic acids is 1. The van der Waals surface area contributed by atoms with Crippen LogP contribution in [0.25, 0.3) is 0 Å². The van der Waals surface area contributed by atoms with E-state index in [-0.39, 0.29) is 0 Å². The molecule has 0 amide bonds. The predicted octanol–water partition coefficient (Wildman–Crippen LogP) is 2.30. The first-order valence-electron chi connectivity index (χ1n) is 7.18. The third-order valence-electron chi connectivity index (χ3n) is 3.33. The van der Waals surface area contributed by atoms with E-state index in [0.717, 1.165) is 5.56 Å². The number of aliphatic carboxylic acids is 1. The van der Waals surface area contributed by atoms with Crippen molar-refractivity contribution >= 4 is 5.97 Å². The summed E-state index contributed by atoms with van der Waals surface area (Å²) >= 11 is 0. The summed E-state index contributed by atoms with van der Waals surface area (Å²) in [6.45, 7) is 4.36. The molecule has 124 valence electrons. The van der Waals surface area contributed by atoms with E-state index in [4.69, 9.17) is 14.2 Å². The number of hydrogen-bond donors (Lipinski definition) is 2. The molecule has 0 heterocycles. The Morgan fingerprint density at radius 3 is 2.23 bits per heavy atom. The van der Waals surface area contributed by atoms with Crippen LogP contribution in [0.5, 0.6) is 17.2 Å². The van der Waals surface area contributed by atoms with Crippen molar-refractivity contribution in [2.75, 3.05) is 21.3 Å². The largest absolute Gasteiger partial charge is 0.493 e. The molecule has 1 atom stereocenters. The van der Waals surface area contributed by atoms with Crippen LogP contribution in [0.2, 0.25) is 0 Å². The molecule has 0 spiro atoms. The van der Waals surface area contributed by atoms with E-state index in [1.54, 1.807) is 20.3 Å². The van der Waals surface area contributed by atoms with Gasteiger partial charge in [0.2, 0.25) is 5.75 Å². The van der Waals surface area contributed by atoms with Crippen molar-refractivity contribution in [3.8, 4) is 17.2 Å². The summed E-state index contributed by atoms with van der Waals surface area (Å²) in [4.78, 5) is 11.3. The predicted molar refractivity (Wildman–Crippen MR) is 83.8 cm³/mol. The Morgan fingerprint density at radius 2 is 1.77 bits per heavy atom. The highest BCUT2D eigenvalue weighted by atomic mass is 16.5. The van der Waals surface area contributed by atoms with Gasteiger partial charge in [-0.15, -0.1) is 0 Å². The molecule has 0 bridgehead atoms. The van der Waals surface area contributed by atoms with Crippen molar-refractivity contribution in [2.24, 2.45) is 5.92 Å². The molecule has 0 aliphatic carbocycles. The SMILES string of the molecule is COc1ccc(CNC(CC(C)C)C(=O)O)c(OC)c1OC. The second kappa shape index (κ2) is 8.48. The lowest BCUT2D eigenvalue weighted by atomic mass is 10.0. The average molecular weight is 311 g/mol. The van der Waals surface area contributed by atoms with Gasteiger partial charge in [0.15, 0.2) is 11.5 Å². The van der Waals surface area contributed by atoms with Gasteiger partial charge < -0.3 is 24.6 Å². The first-order valence-corrected chi connectivity index (χ1v) is 7.18. The van der Waals surface area contributed by atoms with E-state index in [2.05, 4.69) is 5.32 Å². The van der Waals surface area contributed by atoms with Crippen molar-refractivity contribution in [1.29, 1.82) is 0 Å². The topological polar surface area (TPSA) is 77.0 Å². The van der Waals surface area contributed by atoms with Gasteiger partial charge in [-0.1, -0.05) is 19.9 Å². The molecule has 2 N–H and O–H groups in total. The molecule has 0 saturated heterocycles. The van der Waals surface area contributed by atoms with Gasteiger partial charge in [-0.05, 0) is 18.4 Å². The third-order valence-corrected chi connectivity index (χ3v) is 3.33. The molecule has 6 nitrogen and oxygen atoms in total. The molecule has 1 rings (SSSR count). The first kappa shape index (κ1) is 18.1. The fourth-order valence-corrected chi connectivity index (χ4v) is 2.28. The molecule has 1 aromatic rings. The van der Waals surface area contributed by atoms with Crippen LogP contribution in [0.15, 0.2) is 12.1 Å². The Labute approximate surface area is 131 Å². The Bertz CT molecular complexity index is 502. The number of ether oxygens (including phenoxy) is 3. The second-order valence-electron chi connectivity index (χ2n) is 5.39. The maximum Gasteiger partial charge on any atom is 0.320 e. The second-order valence-corrected chi connectivity index (χ2v) is 5.39. The number of carbonyl (C=O) groups is 1. The zero-order valence-electron chi connectivity index (χ0n) is 13.8. The molecule has 1 unspecified atom stereocenters. The highest BCUT2D eigenvalue weighted by molar-refractivity contribution is 5.73. The summed E-state index contributed by atoms with van der Waals surface area (Å²) < 4.78 is 15.9. The van der Waals surface area contributed by atoms with Crippen molar-refractivity contribution in [3.05, 3.63) is 17.7 Å². The minimum Gasteiger partial charge on any atom is -0.493 e. The van der Waals surface area contributed by atoms with Crippen LogP contribution in [0, 0.1) is 5.92 Å². The van der Waals surface area contributed by atoms with Crippen LogP contribution in [0.4, 0.5) is 0 Å². The molecule has 1 aromatic carbocycles. The monoisotopic (exact) mass is 311 g/mol. The van der Waals surface area contributed by atoms with E-state index in [9.17, 15) is 9.90 Å². The Balaban J connectivity index is 2.95. The third kappa shape index (κ3) is 4.53. The Hall–Kier alpha value is -1.95. The molecular weight excluding hydrogens is 286 g/mol. The lowest BCUT2D eigenvalue weighted by molar-refractivity contribution is -0.140. The van der Waals surface area contributed by atoms with Gasteiger partial charge in [0.1, 0.15) is 6.04 Å². The molecule has 0 radical (unpaired) electrons. The van der Waals surface area contributed by atoms with Crippen LogP contribution in [0.3, 0.4) is 0 Å². The normalized spacial score (nSPS) is 12.1. The van der Waals surface area contributed by atoms with E-state index >= 15 is 0 Å². The molecule has 0 fully saturated rings. The summed E-state index contributed by atoms with van der Waals surface area (Å²) in [7, 11) is 4.64. The van der Waals surface area contributed by atoms with Gasteiger partial charge in [0, 0.05) is 12.1 Å². The molecule has 0 aromatic heterocycles. The van der Waals surface area contributed by atoms with Crippen LogP contribution in [0.1, 0.15) is 25.8 Å². The van der Waals surface area contributed by atoms with Gasteiger partial charge in [0.05, 0.1) is 21.3 Å². The van der Waals surface area contributed by atoms with Gasteiger partial charge in [-0.3, -0.25) is 4.79 Å². The Morgan fingerprint density at radius 1 is 1.14 bits per heavy atom. The highest BCUT2D eigenvalue weighted by Crippen LogP contribution is 2.39. The van der Waals surface area contributed by atoms with E-state index in [1.165, 1.54) is 7.11 Å². The van der Waals surface area contributed by atoms with Gasteiger partial charge >= 0.3 is 5.97 Å². The number of hydrogen-bond acceptors (Lipinski definition) is 5. The zero-order valence-corrected chi connectivity index (χ0v) is 13.8. The minimum absolute atomic E-state index is 0.292. The van der Waals surface area contributed by atoms with Crippen LogP contribution < -0.4 is 19.5 Å². The van der Waals surface area contributed by atoms with Crippen molar-refractivity contribution < 1.29 is 24.1 Å². The number of benzene rings is 1. The minimum atomic E-state index is -0.854. The molecular formula is C16H25NO5. The number of carboxylic acid groups (broad SMARTS) is 1. The zero-order chi connectivity index (χ0) is 16.7. The van der Waals surface area contributed by atoms with Crippen molar-refractivity contribution in [2.45, 2.75) is 32.9 Å². The van der Waals surface area contributed by atoms with Crippen molar-refractivity contribution in [1.82, 2.24) is 5.32 Å². The van der Waals surface area contributed by atoms with Crippen LogP contribution in [-0.2, 0) is 11.3 Å². The summed E-state index contributed by atoms with van der Waals surface area (Å²) in [5.41, 5.74) is 0.815. The molecule has 0 aliphatic rings. The molecule has 22 heavy (non-hydrogen) atoms. The van der Waals surface area contributed by atoms with Gasteiger partial charge in [-0.2, -0.15) is 0 Å². The molecule has 0 aliphatic heterocycles. The summed E-state index contributed by atoms with van der Waals surface area (Å²) in [5.74, 6) is 1.05.